The highest BCUT2D eigenvalue weighted by Crippen LogP contribution is 2.24. The Bertz CT molecular complexity index is 1090. The van der Waals surface area contributed by atoms with Crippen LogP contribution in [0.3, 0.4) is 0 Å². The fraction of sp³-hybridized carbons (Fsp3) is 0.368. The Morgan fingerprint density at radius 1 is 1.20 bits per heavy atom. The third-order valence-electron chi connectivity index (χ3n) is 5.07. The first-order chi connectivity index (χ1) is 14.3. The summed E-state index contributed by atoms with van der Waals surface area (Å²) in [5.74, 6) is -3.51. The van der Waals surface area contributed by atoms with Crippen molar-refractivity contribution in [1.82, 2.24) is 29.4 Å². The molecule has 11 heteroatoms. The van der Waals surface area contributed by atoms with Crippen molar-refractivity contribution in [3.8, 4) is 11.4 Å². The van der Waals surface area contributed by atoms with Gasteiger partial charge >= 0.3 is 0 Å². The first-order valence-electron chi connectivity index (χ1n) is 9.39. The third kappa shape index (κ3) is 3.92. The van der Waals surface area contributed by atoms with Crippen LogP contribution in [0.15, 0.2) is 24.7 Å². The normalized spacial score (nSPS) is 14.6. The Morgan fingerprint density at radius 3 is 2.70 bits per heavy atom. The number of amides is 1. The van der Waals surface area contributed by atoms with Gasteiger partial charge in [0.15, 0.2) is 11.6 Å². The summed E-state index contributed by atoms with van der Waals surface area (Å²) in [4.78, 5) is 18.7. The number of carbonyl (C=O) groups is 1. The molecular weight excluding hydrogens is 399 g/mol. The van der Waals surface area contributed by atoms with E-state index < -0.39 is 23.5 Å². The van der Waals surface area contributed by atoms with E-state index in [0.717, 1.165) is 11.8 Å². The number of fused-ring (bicyclic) bond motifs is 1. The fourth-order valence-electron chi connectivity index (χ4n) is 3.52. The number of rotatable bonds is 5. The van der Waals surface area contributed by atoms with Crippen molar-refractivity contribution < 1.29 is 18.0 Å². The van der Waals surface area contributed by atoms with E-state index in [4.69, 9.17) is 5.73 Å². The van der Waals surface area contributed by atoms with Gasteiger partial charge in [-0.05, 0) is 18.1 Å². The van der Waals surface area contributed by atoms with Crippen molar-refractivity contribution in [3.63, 3.8) is 0 Å². The van der Waals surface area contributed by atoms with Gasteiger partial charge in [-0.3, -0.25) is 4.79 Å². The number of nitrogens with two attached hydrogens (primary N) is 1. The molecule has 0 radical (unpaired) electrons. The molecule has 0 saturated heterocycles. The number of hydrogen-bond acceptors (Lipinski definition) is 5. The monoisotopic (exact) mass is 419 g/mol. The van der Waals surface area contributed by atoms with Crippen molar-refractivity contribution >= 4 is 5.91 Å². The van der Waals surface area contributed by atoms with Crippen LogP contribution in [0, 0.1) is 17.5 Å². The minimum absolute atomic E-state index is 0.0566. The first kappa shape index (κ1) is 20.1. The van der Waals surface area contributed by atoms with E-state index in [1.807, 2.05) is 13.2 Å². The second-order valence-electron chi connectivity index (χ2n) is 7.37. The summed E-state index contributed by atoms with van der Waals surface area (Å²) in [5.41, 5.74) is 7.98. The van der Waals surface area contributed by atoms with Crippen molar-refractivity contribution in [2.75, 3.05) is 6.54 Å². The molecule has 0 bridgehead atoms. The van der Waals surface area contributed by atoms with Crippen molar-refractivity contribution in [2.24, 2.45) is 12.8 Å². The zero-order chi connectivity index (χ0) is 21.4. The number of aryl methyl sites for hydroxylation is 1. The zero-order valence-electron chi connectivity index (χ0n) is 16.2. The highest BCUT2D eigenvalue weighted by atomic mass is 19.2. The Balaban J connectivity index is 1.43. The summed E-state index contributed by atoms with van der Waals surface area (Å²) in [6.07, 6.45) is 3.33. The molecule has 3 aromatic rings. The lowest BCUT2D eigenvalue weighted by molar-refractivity contribution is -0.133. The molecule has 0 aliphatic carbocycles. The quantitative estimate of drug-likeness (QED) is 0.631. The maximum absolute atomic E-state index is 13.8. The predicted molar refractivity (Wildman–Crippen MR) is 100 cm³/mol. The Labute approximate surface area is 170 Å². The second-order valence-corrected chi connectivity index (χ2v) is 7.37. The van der Waals surface area contributed by atoms with Gasteiger partial charge in [-0.25, -0.2) is 22.8 Å². The molecule has 158 valence electrons. The van der Waals surface area contributed by atoms with Gasteiger partial charge in [-0.1, -0.05) is 5.21 Å². The van der Waals surface area contributed by atoms with Gasteiger partial charge in [-0.15, -0.1) is 5.10 Å². The van der Waals surface area contributed by atoms with E-state index in [2.05, 4.69) is 15.3 Å². The van der Waals surface area contributed by atoms with Gasteiger partial charge in [-0.2, -0.15) is 0 Å². The van der Waals surface area contributed by atoms with E-state index in [0.29, 0.717) is 37.1 Å². The summed E-state index contributed by atoms with van der Waals surface area (Å²) < 4.78 is 43.8. The number of benzene rings is 1. The summed E-state index contributed by atoms with van der Waals surface area (Å²) in [6, 6.07) is 0.522. The van der Waals surface area contributed by atoms with Crippen molar-refractivity contribution in [2.45, 2.75) is 32.0 Å². The molecule has 0 saturated carbocycles. The Morgan fingerprint density at radius 2 is 1.97 bits per heavy atom. The van der Waals surface area contributed by atoms with Crippen LogP contribution < -0.4 is 5.73 Å². The fourth-order valence-corrected chi connectivity index (χ4v) is 3.52. The number of aromatic nitrogens is 5. The van der Waals surface area contributed by atoms with Gasteiger partial charge in [0.05, 0.1) is 25.1 Å². The van der Waals surface area contributed by atoms with Gasteiger partial charge in [0.25, 0.3) is 0 Å². The summed E-state index contributed by atoms with van der Waals surface area (Å²) in [6.45, 7) is 1.21. The molecule has 1 aliphatic heterocycles. The smallest absolute Gasteiger partial charge is 0.224 e. The van der Waals surface area contributed by atoms with Crippen molar-refractivity contribution in [3.05, 3.63) is 53.4 Å². The van der Waals surface area contributed by atoms with Crippen LogP contribution in [-0.4, -0.2) is 47.9 Å². The lowest BCUT2D eigenvalue weighted by Gasteiger charge is -2.28. The predicted octanol–water partition coefficient (Wildman–Crippen LogP) is 1.40. The van der Waals surface area contributed by atoms with E-state index in [1.54, 1.807) is 20.5 Å². The van der Waals surface area contributed by atoms with Crippen LogP contribution in [0.1, 0.15) is 17.7 Å². The van der Waals surface area contributed by atoms with Crippen LogP contribution in [0.25, 0.3) is 11.4 Å². The SMILES string of the molecule is Cn1cnc(-c2nnn3c2CN(C(=O)C[C@H](N)Cc2cc(F)c(F)cc2F)CC3)c1. The number of imidazole rings is 1. The molecule has 2 aromatic heterocycles. The van der Waals surface area contributed by atoms with E-state index in [1.165, 1.54) is 0 Å². The van der Waals surface area contributed by atoms with Gasteiger partial charge < -0.3 is 15.2 Å². The van der Waals surface area contributed by atoms with E-state index in [-0.39, 0.29) is 24.3 Å². The van der Waals surface area contributed by atoms with E-state index in [9.17, 15) is 18.0 Å². The van der Waals surface area contributed by atoms with Crippen LogP contribution in [-0.2, 0) is 31.4 Å². The summed E-state index contributed by atoms with van der Waals surface area (Å²) in [7, 11) is 1.85. The van der Waals surface area contributed by atoms with Gasteiger partial charge in [0.1, 0.15) is 17.2 Å². The standard InChI is InChI=1S/C19H20F3N7O/c1-27-8-16(24-10-27)19-17-9-28(2-3-29(17)26-25-19)18(30)6-12(23)4-11-5-14(21)15(22)7-13(11)20/h5,7-8,10,12H,2-4,6,9,23H2,1H3/t12-/m1/s1. The molecule has 8 nitrogen and oxygen atoms in total. The number of nitrogens with zero attached hydrogens (tertiary/aromatic N) is 6. The molecule has 1 atom stereocenters. The largest absolute Gasteiger partial charge is 0.340 e. The molecule has 4 rings (SSSR count). The maximum Gasteiger partial charge on any atom is 0.224 e. The lowest BCUT2D eigenvalue weighted by Crippen LogP contribution is -2.41. The Kier molecular flexibility index (Phi) is 5.29. The molecule has 1 aromatic carbocycles. The molecule has 0 spiro atoms. The highest BCUT2D eigenvalue weighted by Gasteiger charge is 2.27. The third-order valence-corrected chi connectivity index (χ3v) is 5.07. The van der Waals surface area contributed by atoms with Gasteiger partial charge in [0, 0.05) is 38.3 Å². The minimum Gasteiger partial charge on any atom is -0.340 e. The van der Waals surface area contributed by atoms with Crippen LogP contribution in [0.5, 0.6) is 0 Å². The summed E-state index contributed by atoms with van der Waals surface area (Å²) in [5, 5.41) is 8.31. The number of hydrogen-bond donors (Lipinski definition) is 1. The van der Waals surface area contributed by atoms with Crippen molar-refractivity contribution in [1.29, 1.82) is 0 Å². The maximum atomic E-state index is 13.8. The average molecular weight is 419 g/mol. The van der Waals surface area contributed by atoms with Crippen LogP contribution in [0.4, 0.5) is 13.2 Å². The molecule has 1 amide bonds. The first-order valence-corrected chi connectivity index (χ1v) is 9.39. The second kappa shape index (κ2) is 7.90. The molecule has 3 heterocycles. The van der Waals surface area contributed by atoms with Crippen LogP contribution in [0.2, 0.25) is 0 Å². The molecule has 0 fully saturated rings. The molecule has 30 heavy (non-hydrogen) atoms. The highest BCUT2D eigenvalue weighted by molar-refractivity contribution is 5.77. The average Bonchev–Trinajstić information content (AvgIpc) is 3.31. The molecule has 1 aliphatic rings. The topological polar surface area (TPSA) is 94.9 Å². The molecular formula is C19H20F3N7O. The molecule has 0 unspecified atom stereocenters. The van der Waals surface area contributed by atoms with Gasteiger partial charge in [0.2, 0.25) is 5.91 Å². The van der Waals surface area contributed by atoms with Crippen LogP contribution >= 0.6 is 0 Å². The Hall–Kier alpha value is -3.21. The lowest BCUT2D eigenvalue weighted by atomic mass is 10.0. The number of carbonyl (C=O) groups excluding carboxylic acids is 1. The number of halogens is 3. The molecule has 2 N–H and O–H groups in total. The summed E-state index contributed by atoms with van der Waals surface area (Å²) >= 11 is 0. The van der Waals surface area contributed by atoms with E-state index >= 15 is 0 Å². The zero-order valence-corrected chi connectivity index (χ0v) is 16.2. The minimum atomic E-state index is -1.26.